The highest BCUT2D eigenvalue weighted by molar-refractivity contribution is 5.75. The summed E-state index contributed by atoms with van der Waals surface area (Å²) in [5.74, 6) is 0.0227. The molecule has 5 nitrogen and oxygen atoms in total. The van der Waals surface area contributed by atoms with Crippen molar-refractivity contribution in [1.82, 2.24) is 10.2 Å². The van der Waals surface area contributed by atoms with Crippen LogP contribution in [0, 0.1) is 6.92 Å². The third-order valence-corrected chi connectivity index (χ3v) is 3.51. The van der Waals surface area contributed by atoms with Gasteiger partial charge in [0.25, 0.3) is 0 Å². The lowest BCUT2D eigenvalue weighted by atomic mass is 10.2. The highest BCUT2D eigenvalue weighted by Gasteiger charge is 2.45. The standard InChI is InChI=1S/C13H18F3N3O2/c1-7-5-9(17)6-19(7)12(20)18-11(13(14,15)16)10-4-3-8(2)21-10/h3-4,7,9,11H,5-6,17H2,1-2H3,(H,18,20). The van der Waals surface area contributed by atoms with Gasteiger partial charge in [-0.15, -0.1) is 0 Å². The lowest BCUT2D eigenvalue weighted by Crippen LogP contribution is -2.47. The topological polar surface area (TPSA) is 71.5 Å². The van der Waals surface area contributed by atoms with Crippen molar-refractivity contribution in [1.29, 1.82) is 0 Å². The van der Waals surface area contributed by atoms with Gasteiger partial charge in [-0.3, -0.25) is 0 Å². The zero-order chi connectivity index (χ0) is 15.8. The second kappa shape index (κ2) is 5.59. The molecule has 0 aliphatic carbocycles. The SMILES string of the molecule is Cc1ccc(C(NC(=O)N2CC(N)CC2C)C(F)(F)F)o1. The molecular formula is C13H18F3N3O2. The summed E-state index contributed by atoms with van der Waals surface area (Å²) in [6.45, 7) is 3.54. The van der Waals surface area contributed by atoms with Gasteiger partial charge in [-0.2, -0.15) is 13.2 Å². The number of carbonyl (C=O) groups is 1. The first kappa shape index (κ1) is 15.7. The summed E-state index contributed by atoms with van der Waals surface area (Å²) in [4.78, 5) is 13.4. The van der Waals surface area contributed by atoms with Crippen molar-refractivity contribution in [3.63, 3.8) is 0 Å². The van der Waals surface area contributed by atoms with Crippen LogP contribution in [-0.4, -0.2) is 35.7 Å². The van der Waals surface area contributed by atoms with Crippen LogP contribution in [-0.2, 0) is 0 Å². The average Bonchev–Trinajstić information content (AvgIpc) is 2.90. The maximum Gasteiger partial charge on any atom is 0.416 e. The summed E-state index contributed by atoms with van der Waals surface area (Å²) < 4.78 is 44.4. The van der Waals surface area contributed by atoms with Gasteiger partial charge in [-0.25, -0.2) is 4.79 Å². The van der Waals surface area contributed by atoms with Crippen LogP contribution in [0.2, 0.25) is 0 Å². The highest BCUT2D eigenvalue weighted by Crippen LogP contribution is 2.34. The number of amides is 2. The van der Waals surface area contributed by atoms with Crippen molar-refractivity contribution in [3.8, 4) is 0 Å². The molecule has 1 aromatic heterocycles. The number of hydrogen-bond donors (Lipinski definition) is 2. The second-order valence-electron chi connectivity index (χ2n) is 5.37. The van der Waals surface area contributed by atoms with Crippen LogP contribution in [0.4, 0.5) is 18.0 Å². The molecule has 3 unspecified atom stereocenters. The van der Waals surface area contributed by atoms with Crippen LogP contribution in [0.15, 0.2) is 16.5 Å². The molecule has 0 spiro atoms. The van der Waals surface area contributed by atoms with Crippen molar-refractivity contribution in [3.05, 3.63) is 23.7 Å². The van der Waals surface area contributed by atoms with E-state index in [0.29, 0.717) is 12.2 Å². The van der Waals surface area contributed by atoms with Crippen LogP contribution in [0.25, 0.3) is 0 Å². The Morgan fingerprint density at radius 2 is 2.19 bits per heavy atom. The van der Waals surface area contributed by atoms with E-state index in [9.17, 15) is 18.0 Å². The third-order valence-electron chi connectivity index (χ3n) is 3.51. The Balaban J connectivity index is 2.14. The van der Waals surface area contributed by atoms with Crippen LogP contribution in [0.5, 0.6) is 0 Å². The predicted octanol–water partition coefficient (Wildman–Crippen LogP) is 2.32. The van der Waals surface area contributed by atoms with Gasteiger partial charge in [0.2, 0.25) is 0 Å². The van der Waals surface area contributed by atoms with E-state index in [4.69, 9.17) is 10.2 Å². The number of aryl methyl sites for hydroxylation is 1. The molecule has 1 saturated heterocycles. The van der Waals surface area contributed by atoms with Crippen molar-refractivity contribution < 1.29 is 22.4 Å². The van der Waals surface area contributed by atoms with Gasteiger partial charge < -0.3 is 20.4 Å². The molecule has 0 saturated carbocycles. The van der Waals surface area contributed by atoms with Gasteiger partial charge in [0.15, 0.2) is 6.04 Å². The van der Waals surface area contributed by atoms with Gasteiger partial charge in [0.1, 0.15) is 11.5 Å². The normalized spacial score (nSPS) is 24.2. The largest absolute Gasteiger partial charge is 0.464 e. The number of nitrogens with one attached hydrogen (secondary N) is 1. The van der Waals surface area contributed by atoms with Gasteiger partial charge in [0, 0.05) is 18.6 Å². The molecule has 1 aliphatic heterocycles. The first-order valence-corrected chi connectivity index (χ1v) is 6.64. The van der Waals surface area contributed by atoms with E-state index in [0.717, 1.165) is 0 Å². The zero-order valence-electron chi connectivity index (χ0n) is 11.8. The lowest BCUT2D eigenvalue weighted by molar-refractivity contribution is -0.159. The Labute approximate surface area is 120 Å². The van der Waals surface area contributed by atoms with E-state index in [1.165, 1.54) is 17.0 Å². The number of halogens is 3. The Hall–Kier alpha value is -1.70. The van der Waals surface area contributed by atoms with E-state index in [1.54, 1.807) is 13.8 Å². The maximum atomic E-state index is 13.1. The number of furan rings is 1. The Morgan fingerprint density at radius 3 is 2.62 bits per heavy atom. The van der Waals surface area contributed by atoms with Crippen LogP contribution >= 0.6 is 0 Å². The predicted molar refractivity (Wildman–Crippen MR) is 69.5 cm³/mol. The van der Waals surface area contributed by atoms with Gasteiger partial charge in [-0.05, 0) is 32.4 Å². The molecule has 1 fully saturated rings. The molecule has 3 atom stereocenters. The molecule has 0 aromatic carbocycles. The number of nitrogens with zero attached hydrogens (tertiary/aromatic N) is 1. The average molecular weight is 305 g/mol. The van der Waals surface area contributed by atoms with Crippen molar-refractivity contribution in [2.24, 2.45) is 5.73 Å². The third kappa shape index (κ3) is 3.49. The second-order valence-corrected chi connectivity index (χ2v) is 5.37. The number of hydrogen-bond acceptors (Lipinski definition) is 3. The minimum atomic E-state index is -4.63. The maximum absolute atomic E-state index is 13.1. The summed E-state index contributed by atoms with van der Waals surface area (Å²) in [6, 6.07) is -0.704. The van der Waals surface area contributed by atoms with Gasteiger partial charge in [0.05, 0.1) is 0 Å². The first-order valence-electron chi connectivity index (χ1n) is 6.64. The summed E-state index contributed by atoms with van der Waals surface area (Å²) in [7, 11) is 0. The van der Waals surface area contributed by atoms with E-state index in [2.05, 4.69) is 0 Å². The molecular weight excluding hydrogens is 287 g/mol. The van der Waals surface area contributed by atoms with Crippen molar-refractivity contribution in [2.45, 2.75) is 44.6 Å². The Morgan fingerprint density at radius 1 is 1.52 bits per heavy atom. The number of rotatable bonds is 2. The van der Waals surface area contributed by atoms with Crippen LogP contribution < -0.4 is 11.1 Å². The number of carbonyl (C=O) groups excluding carboxylic acids is 1. The van der Waals surface area contributed by atoms with Gasteiger partial charge >= 0.3 is 12.2 Å². The Kier molecular flexibility index (Phi) is 4.18. The van der Waals surface area contributed by atoms with Crippen molar-refractivity contribution >= 4 is 6.03 Å². The summed E-state index contributed by atoms with van der Waals surface area (Å²) in [6.07, 6.45) is -4.06. The number of urea groups is 1. The smallest absolute Gasteiger partial charge is 0.416 e. The summed E-state index contributed by atoms with van der Waals surface area (Å²) >= 11 is 0. The van der Waals surface area contributed by atoms with Gasteiger partial charge in [-0.1, -0.05) is 0 Å². The van der Waals surface area contributed by atoms with E-state index < -0.39 is 18.2 Å². The fourth-order valence-electron chi connectivity index (χ4n) is 2.48. The number of alkyl halides is 3. The fraction of sp³-hybridized carbons (Fsp3) is 0.615. The number of nitrogens with two attached hydrogens (primary N) is 1. The molecule has 8 heteroatoms. The van der Waals surface area contributed by atoms with E-state index in [-0.39, 0.29) is 24.4 Å². The summed E-state index contributed by atoms with van der Waals surface area (Å²) in [5.41, 5.74) is 5.72. The quantitative estimate of drug-likeness (QED) is 0.881. The fourth-order valence-corrected chi connectivity index (χ4v) is 2.48. The monoisotopic (exact) mass is 305 g/mol. The zero-order valence-corrected chi connectivity index (χ0v) is 11.8. The molecule has 0 radical (unpaired) electrons. The van der Waals surface area contributed by atoms with E-state index in [1.807, 2.05) is 5.32 Å². The van der Waals surface area contributed by atoms with Crippen molar-refractivity contribution in [2.75, 3.05) is 6.54 Å². The summed E-state index contributed by atoms with van der Waals surface area (Å²) in [5, 5.41) is 1.99. The molecule has 1 aromatic rings. The minimum absolute atomic E-state index is 0.188. The molecule has 2 rings (SSSR count). The van der Waals surface area contributed by atoms with E-state index >= 15 is 0 Å². The van der Waals surface area contributed by atoms with Crippen LogP contribution in [0.1, 0.15) is 30.9 Å². The molecule has 3 N–H and O–H groups in total. The highest BCUT2D eigenvalue weighted by atomic mass is 19.4. The Bertz CT molecular complexity index is 515. The number of likely N-dealkylation sites (tertiary alicyclic amines) is 1. The first-order chi connectivity index (χ1) is 9.68. The molecule has 2 amide bonds. The molecule has 21 heavy (non-hydrogen) atoms. The minimum Gasteiger partial charge on any atom is -0.464 e. The molecule has 2 heterocycles. The molecule has 1 aliphatic rings. The molecule has 0 bridgehead atoms. The van der Waals surface area contributed by atoms with Crippen LogP contribution in [0.3, 0.4) is 0 Å². The lowest BCUT2D eigenvalue weighted by Gasteiger charge is -2.26. The molecule has 118 valence electrons.